The van der Waals surface area contributed by atoms with Crippen molar-refractivity contribution in [1.82, 2.24) is 0 Å². The Morgan fingerprint density at radius 3 is 2.64 bits per heavy atom. The largest absolute Gasteiger partial charge is 0.435 e. The molecular formula is C12H20O2. The number of rotatable bonds is 6. The van der Waals surface area contributed by atoms with Crippen molar-refractivity contribution in [3.8, 4) is 0 Å². The van der Waals surface area contributed by atoms with Crippen LogP contribution in [0.1, 0.15) is 58.3 Å². The molecule has 0 aromatic carbocycles. The average Bonchev–Trinajstić information content (AvgIpc) is 2.21. The topological polar surface area (TPSA) is 26.3 Å². The second-order valence-electron chi connectivity index (χ2n) is 3.93. The van der Waals surface area contributed by atoms with Gasteiger partial charge in [-0.1, -0.05) is 32.6 Å². The molecule has 2 heteroatoms. The zero-order chi connectivity index (χ0) is 10.2. The SMILES string of the molecule is CCCCCCCC1=COC(=O)CC1. The second kappa shape index (κ2) is 6.63. The van der Waals surface area contributed by atoms with Crippen molar-refractivity contribution < 1.29 is 9.53 Å². The number of allylic oxidation sites excluding steroid dienone is 1. The summed E-state index contributed by atoms with van der Waals surface area (Å²) in [5, 5.41) is 0. The lowest BCUT2D eigenvalue weighted by Gasteiger charge is -2.11. The van der Waals surface area contributed by atoms with Gasteiger partial charge in [-0.25, -0.2) is 0 Å². The van der Waals surface area contributed by atoms with Crippen LogP contribution in [0.25, 0.3) is 0 Å². The van der Waals surface area contributed by atoms with Gasteiger partial charge in [0.1, 0.15) is 0 Å². The van der Waals surface area contributed by atoms with E-state index in [-0.39, 0.29) is 5.97 Å². The van der Waals surface area contributed by atoms with E-state index >= 15 is 0 Å². The highest BCUT2D eigenvalue weighted by atomic mass is 16.5. The van der Waals surface area contributed by atoms with Gasteiger partial charge in [-0.3, -0.25) is 4.79 Å². The highest BCUT2D eigenvalue weighted by Crippen LogP contribution is 2.19. The van der Waals surface area contributed by atoms with E-state index in [0.717, 1.165) is 12.8 Å². The summed E-state index contributed by atoms with van der Waals surface area (Å²) in [5.41, 5.74) is 1.31. The lowest BCUT2D eigenvalue weighted by atomic mass is 10.0. The normalized spacial score (nSPS) is 16.4. The van der Waals surface area contributed by atoms with E-state index in [0.29, 0.717) is 6.42 Å². The van der Waals surface area contributed by atoms with Crippen molar-refractivity contribution in [2.75, 3.05) is 0 Å². The van der Waals surface area contributed by atoms with Crippen molar-refractivity contribution in [2.24, 2.45) is 0 Å². The second-order valence-corrected chi connectivity index (χ2v) is 3.93. The minimum atomic E-state index is -0.0836. The minimum Gasteiger partial charge on any atom is -0.435 e. The molecule has 0 bridgehead atoms. The van der Waals surface area contributed by atoms with Crippen molar-refractivity contribution in [3.05, 3.63) is 11.8 Å². The molecule has 0 atom stereocenters. The van der Waals surface area contributed by atoms with Crippen molar-refractivity contribution in [2.45, 2.75) is 58.3 Å². The molecule has 0 N–H and O–H groups in total. The zero-order valence-electron chi connectivity index (χ0n) is 9.05. The molecule has 0 amide bonds. The van der Waals surface area contributed by atoms with Gasteiger partial charge in [0.05, 0.1) is 6.26 Å². The molecule has 0 aromatic rings. The van der Waals surface area contributed by atoms with Crippen LogP contribution in [-0.4, -0.2) is 5.97 Å². The van der Waals surface area contributed by atoms with Gasteiger partial charge in [0.25, 0.3) is 0 Å². The van der Waals surface area contributed by atoms with E-state index in [9.17, 15) is 4.79 Å². The van der Waals surface area contributed by atoms with Gasteiger partial charge in [0, 0.05) is 6.42 Å². The lowest BCUT2D eigenvalue weighted by Crippen LogP contribution is -2.06. The number of hydrogen-bond donors (Lipinski definition) is 0. The Kier molecular flexibility index (Phi) is 5.35. The molecule has 1 rings (SSSR count). The van der Waals surface area contributed by atoms with Crippen LogP contribution < -0.4 is 0 Å². The third-order valence-corrected chi connectivity index (χ3v) is 2.61. The van der Waals surface area contributed by atoms with Crippen LogP contribution >= 0.6 is 0 Å². The van der Waals surface area contributed by atoms with Gasteiger partial charge in [-0.15, -0.1) is 0 Å². The van der Waals surface area contributed by atoms with Crippen LogP contribution in [-0.2, 0) is 9.53 Å². The Balaban J connectivity index is 2.04. The maximum Gasteiger partial charge on any atom is 0.310 e. The molecule has 14 heavy (non-hydrogen) atoms. The van der Waals surface area contributed by atoms with Crippen molar-refractivity contribution in [1.29, 1.82) is 0 Å². The van der Waals surface area contributed by atoms with Gasteiger partial charge in [0.15, 0.2) is 0 Å². The van der Waals surface area contributed by atoms with Crippen LogP contribution in [0.2, 0.25) is 0 Å². The Bertz CT molecular complexity index is 206. The molecule has 1 aliphatic rings. The van der Waals surface area contributed by atoms with Crippen LogP contribution in [0.15, 0.2) is 11.8 Å². The number of hydrogen-bond acceptors (Lipinski definition) is 2. The van der Waals surface area contributed by atoms with Crippen LogP contribution in [0, 0.1) is 0 Å². The summed E-state index contributed by atoms with van der Waals surface area (Å²) in [7, 11) is 0. The third-order valence-electron chi connectivity index (χ3n) is 2.61. The predicted molar refractivity (Wildman–Crippen MR) is 56.8 cm³/mol. The quantitative estimate of drug-likeness (QED) is 0.479. The Morgan fingerprint density at radius 1 is 1.21 bits per heavy atom. The average molecular weight is 196 g/mol. The van der Waals surface area contributed by atoms with Gasteiger partial charge in [-0.05, 0) is 24.8 Å². The minimum absolute atomic E-state index is 0.0836. The van der Waals surface area contributed by atoms with Crippen LogP contribution in [0.3, 0.4) is 0 Å². The highest BCUT2D eigenvalue weighted by molar-refractivity contribution is 5.71. The lowest BCUT2D eigenvalue weighted by molar-refractivity contribution is -0.139. The first kappa shape index (κ1) is 11.3. The molecule has 0 fully saturated rings. The first-order valence-corrected chi connectivity index (χ1v) is 5.70. The molecule has 2 nitrogen and oxygen atoms in total. The number of cyclic esters (lactones) is 1. The number of unbranched alkanes of at least 4 members (excludes halogenated alkanes) is 4. The van der Waals surface area contributed by atoms with Crippen LogP contribution in [0.5, 0.6) is 0 Å². The summed E-state index contributed by atoms with van der Waals surface area (Å²) in [6.45, 7) is 2.23. The van der Waals surface area contributed by atoms with E-state index in [4.69, 9.17) is 4.74 Å². The van der Waals surface area contributed by atoms with Gasteiger partial charge < -0.3 is 4.74 Å². The molecule has 0 aromatic heterocycles. The first-order chi connectivity index (χ1) is 6.83. The molecule has 0 spiro atoms. The molecule has 1 aliphatic heterocycles. The fourth-order valence-electron chi connectivity index (χ4n) is 1.67. The Morgan fingerprint density at radius 2 is 2.00 bits per heavy atom. The molecule has 0 saturated carbocycles. The van der Waals surface area contributed by atoms with E-state index < -0.39 is 0 Å². The number of carbonyl (C=O) groups excluding carboxylic acids is 1. The molecular weight excluding hydrogens is 176 g/mol. The maximum absolute atomic E-state index is 10.8. The maximum atomic E-state index is 10.8. The van der Waals surface area contributed by atoms with E-state index in [1.54, 1.807) is 6.26 Å². The van der Waals surface area contributed by atoms with E-state index in [1.165, 1.54) is 37.7 Å². The molecule has 1 heterocycles. The molecule has 0 aliphatic carbocycles. The molecule has 0 saturated heterocycles. The zero-order valence-corrected chi connectivity index (χ0v) is 9.05. The highest BCUT2D eigenvalue weighted by Gasteiger charge is 2.10. The fraction of sp³-hybridized carbons (Fsp3) is 0.750. The number of carbonyl (C=O) groups is 1. The van der Waals surface area contributed by atoms with Crippen molar-refractivity contribution in [3.63, 3.8) is 0 Å². The smallest absolute Gasteiger partial charge is 0.310 e. The molecule has 0 unspecified atom stereocenters. The number of ether oxygens (including phenoxy) is 1. The van der Waals surface area contributed by atoms with Crippen molar-refractivity contribution >= 4 is 5.97 Å². The van der Waals surface area contributed by atoms with Gasteiger partial charge in [0.2, 0.25) is 0 Å². The third kappa shape index (κ3) is 4.45. The molecule has 80 valence electrons. The predicted octanol–water partition coefficient (Wildman–Crippen LogP) is 3.57. The summed E-state index contributed by atoms with van der Waals surface area (Å²) in [5.74, 6) is -0.0836. The standard InChI is InChI=1S/C12H20O2/c1-2-3-4-5-6-7-11-8-9-12(13)14-10-11/h10H,2-9H2,1H3. The summed E-state index contributed by atoms with van der Waals surface area (Å²) in [4.78, 5) is 10.8. The summed E-state index contributed by atoms with van der Waals surface area (Å²) in [6.07, 6.45) is 10.8. The monoisotopic (exact) mass is 196 g/mol. The van der Waals surface area contributed by atoms with Gasteiger partial charge in [-0.2, -0.15) is 0 Å². The van der Waals surface area contributed by atoms with Crippen LogP contribution in [0.4, 0.5) is 0 Å². The van der Waals surface area contributed by atoms with E-state index in [1.807, 2.05) is 0 Å². The van der Waals surface area contributed by atoms with Gasteiger partial charge >= 0.3 is 5.97 Å². The Hall–Kier alpha value is -0.790. The summed E-state index contributed by atoms with van der Waals surface area (Å²) >= 11 is 0. The fourth-order valence-corrected chi connectivity index (χ4v) is 1.67. The number of esters is 1. The Labute approximate surface area is 86.3 Å². The molecule has 0 radical (unpaired) electrons. The van der Waals surface area contributed by atoms with E-state index in [2.05, 4.69) is 6.92 Å². The summed E-state index contributed by atoms with van der Waals surface area (Å²) in [6, 6.07) is 0. The first-order valence-electron chi connectivity index (χ1n) is 5.70. The summed E-state index contributed by atoms with van der Waals surface area (Å²) < 4.78 is 4.87.